The second-order valence-corrected chi connectivity index (χ2v) is 7.63. The molecule has 1 aliphatic heterocycles. The van der Waals surface area contributed by atoms with Gasteiger partial charge in [-0.05, 0) is 29.7 Å². The summed E-state index contributed by atoms with van der Waals surface area (Å²) in [6, 6.07) is 22.4. The molecule has 0 amide bonds. The van der Waals surface area contributed by atoms with Gasteiger partial charge in [0.05, 0.1) is 5.57 Å². The number of rotatable bonds is 3. The van der Waals surface area contributed by atoms with E-state index in [4.69, 9.17) is 0 Å². The summed E-state index contributed by atoms with van der Waals surface area (Å²) in [6.45, 7) is 0. The Morgan fingerprint density at radius 2 is 1.47 bits per heavy atom. The van der Waals surface area contributed by atoms with Gasteiger partial charge < -0.3 is 5.11 Å². The van der Waals surface area contributed by atoms with Gasteiger partial charge in [-0.3, -0.25) is 4.79 Å². The number of azo groups is 1. The standard InChI is InChI=1S/C25H19FN2O2/c26-17-12-10-16(11-13-17)23-20(15-6-2-1-3-7-15)14-21(27-28-23)22-24(29)18-8-4-5-9-19(18)25(22)30/h1-13,20-21,23,29H,14H2. The van der Waals surface area contributed by atoms with Gasteiger partial charge in [0.25, 0.3) is 0 Å². The van der Waals surface area contributed by atoms with Crippen LogP contribution in [0.15, 0.2) is 94.7 Å². The highest BCUT2D eigenvalue weighted by atomic mass is 19.1. The third kappa shape index (κ3) is 3.03. The van der Waals surface area contributed by atoms with Gasteiger partial charge in [0, 0.05) is 17.0 Å². The summed E-state index contributed by atoms with van der Waals surface area (Å²) in [5, 5.41) is 19.7. The van der Waals surface area contributed by atoms with Crippen LogP contribution in [0.4, 0.5) is 4.39 Å². The molecule has 3 atom stereocenters. The summed E-state index contributed by atoms with van der Waals surface area (Å²) in [5.74, 6) is -0.563. The molecular weight excluding hydrogens is 379 g/mol. The monoisotopic (exact) mass is 398 g/mol. The van der Waals surface area contributed by atoms with E-state index in [0.717, 1.165) is 11.1 Å². The Balaban J connectivity index is 1.56. The molecular formula is C25H19FN2O2. The number of ketones is 1. The van der Waals surface area contributed by atoms with Crippen molar-refractivity contribution >= 4 is 11.5 Å². The van der Waals surface area contributed by atoms with Crippen molar-refractivity contribution < 1.29 is 14.3 Å². The molecule has 1 aliphatic carbocycles. The number of nitrogens with zero attached hydrogens (tertiary/aromatic N) is 2. The van der Waals surface area contributed by atoms with E-state index in [1.165, 1.54) is 12.1 Å². The SMILES string of the molecule is O=C1C(C2CC(c3ccccc3)C(c3ccc(F)cc3)N=N2)=C(O)c2ccccc21. The Morgan fingerprint density at radius 3 is 2.17 bits per heavy atom. The van der Waals surface area contributed by atoms with Crippen LogP contribution in [0.2, 0.25) is 0 Å². The molecule has 3 aromatic rings. The first kappa shape index (κ1) is 18.4. The van der Waals surface area contributed by atoms with Gasteiger partial charge in [0.15, 0.2) is 5.78 Å². The molecule has 3 aromatic carbocycles. The van der Waals surface area contributed by atoms with Crippen LogP contribution in [0, 0.1) is 5.82 Å². The van der Waals surface area contributed by atoms with Gasteiger partial charge in [-0.2, -0.15) is 10.2 Å². The van der Waals surface area contributed by atoms with Crippen LogP contribution in [-0.2, 0) is 0 Å². The molecule has 1 N–H and O–H groups in total. The highest BCUT2D eigenvalue weighted by molar-refractivity contribution is 6.20. The number of aliphatic hydroxyl groups is 1. The fraction of sp³-hybridized carbons (Fsp3) is 0.160. The first-order valence-corrected chi connectivity index (χ1v) is 9.91. The Kier molecular flexibility index (Phi) is 4.51. The van der Waals surface area contributed by atoms with Gasteiger partial charge in [0.2, 0.25) is 0 Å². The maximum Gasteiger partial charge on any atom is 0.195 e. The Morgan fingerprint density at radius 1 is 0.800 bits per heavy atom. The molecule has 0 spiro atoms. The third-order valence-electron chi connectivity index (χ3n) is 5.89. The van der Waals surface area contributed by atoms with Crippen molar-refractivity contribution in [2.75, 3.05) is 0 Å². The summed E-state index contributed by atoms with van der Waals surface area (Å²) in [5.41, 5.74) is 3.28. The molecule has 0 fully saturated rings. The number of Topliss-reactive ketones (excluding diaryl/α,β-unsaturated/α-hetero) is 1. The number of aliphatic hydroxyl groups excluding tert-OH is 1. The summed E-state index contributed by atoms with van der Waals surface area (Å²) < 4.78 is 13.4. The molecule has 30 heavy (non-hydrogen) atoms. The van der Waals surface area contributed by atoms with Gasteiger partial charge in [0.1, 0.15) is 23.7 Å². The van der Waals surface area contributed by atoms with E-state index in [0.29, 0.717) is 23.1 Å². The quantitative estimate of drug-likeness (QED) is 0.584. The molecule has 0 saturated heterocycles. The zero-order valence-corrected chi connectivity index (χ0v) is 16.1. The van der Waals surface area contributed by atoms with Crippen molar-refractivity contribution in [2.45, 2.75) is 24.4 Å². The zero-order chi connectivity index (χ0) is 20.7. The first-order valence-electron chi connectivity index (χ1n) is 9.91. The molecule has 3 unspecified atom stereocenters. The van der Waals surface area contributed by atoms with Crippen LogP contribution in [0.3, 0.4) is 0 Å². The van der Waals surface area contributed by atoms with Gasteiger partial charge in [-0.1, -0.05) is 66.7 Å². The lowest BCUT2D eigenvalue weighted by Gasteiger charge is -2.31. The average Bonchev–Trinajstić information content (AvgIpc) is 3.05. The van der Waals surface area contributed by atoms with E-state index >= 15 is 0 Å². The Bertz CT molecular complexity index is 1170. The van der Waals surface area contributed by atoms with Crippen LogP contribution >= 0.6 is 0 Å². The predicted octanol–water partition coefficient (Wildman–Crippen LogP) is 6.04. The van der Waals surface area contributed by atoms with E-state index in [2.05, 4.69) is 10.2 Å². The first-order chi connectivity index (χ1) is 14.6. The summed E-state index contributed by atoms with van der Waals surface area (Å²) in [4.78, 5) is 13.0. The van der Waals surface area contributed by atoms with Crippen molar-refractivity contribution in [3.63, 3.8) is 0 Å². The number of benzene rings is 3. The number of carbonyl (C=O) groups excluding carboxylic acids is 1. The van der Waals surface area contributed by atoms with Crippen molar-refractivity contribution in [2.24, 2.45) is 10.2 Å². The summed E-state index contributed by atoms with van der Waals surface area (Å²) >= 11 is 0. The minimum atomic E-state index is -0.535. The molecule has 5 rings (SSSR count). The summed E-state index contributed by atoms with van der Waals surface area (Å²) in [7, 11) is 0. The highest BCUT2D eigenvalue weighted by Gasteiger charge is 2.40. The molecule has 0 saturated carbocycles. The van der Waals surface area contributed by atoms with E-state index in [1.807, 2.05) is 30.3 Å². The fourth-order valence-electron chi connectivity index (χ4n) is 4.40. The highest BCUT2D eigenvalue weighted by Crippen LogP contribution is 2.45. The second kappa shape index (κ2) is 7.34. The number of carbonyl (C=O) groups is 1. The predicted molar refractivity (Wildman–Crippen MR) is 112 cm³/mol. The number of hydrogen-bond acceptors (Lipinski definition) is 4. The molecule has 148 valence electrons. The zero-order valence-electron chi connectivity index (χ0n) is 16.1. The minimum absolute atomic E-state index is 0.00778. The van der Waals surface area contributed by atoms with E-state index in [-0.39, 0.29) is 29.3 Å². The van der Waals surface area contributed by atoms with Crippen LogP contribution in [-0.4, -0.2) is 16.9 Å². The molecule has 0 aromatic heterocycles. The van der Waals surface area contributed by atoms with E-state index in [1.54, 1.807) is 36.4 Å². The van der Waals surface area contributed by atoms with E-state index < -0.39 is 6.04 Å². The lowest BCUT2D eigenvalue weighted by Crippen LogP contribution is -2.25. The van der Waals surface area contributed by atoms with Gasteiger partial charge in [-0.25, -0.2) is 4.39 Å². The maximum atomic E-state index is 13.4. The Hall–Kier alpha value is -3.60. The maximum absolute atomic E-state index is 13.4. The van der Waals surface area contributed by atoms with Gasteiger partial charge in [-0.15, -0.1) is 0 Å². The molecule has 1 heterocycles. The fourth-order valence-corrected chi connectivity index (χ4v) is 4.40. The normalized spacial score (nSPS) is 23.0. The largest absolute Gasteiger partial charge is 0.507 e. The minimum Gasteiger partial charge on any atom is -0.507 e. The topological polar surface area (TPSA) is 62.0 Å². The van der Waals surface area contributed by atoms with Crippen LogP contribution in [0.1, 0.15) is 45.4 Å². The number of fused-ring (bicyclic) bond motifs is 1. The molecule has 0 bridgehead atoms. The lowest BCUT2D eigenvalue weighted by molar-refractivity contribution is 0.102. The van der Waals surface area contributed by atoms with Crippen LogP contribution in [0.25, 0.3) is 5.76 Å². The average molecular weight is 398 g/mol. The van der Waals surface area contributed by atoms with Crippen molar-refractivity contribution in [1.82, 2.24) is 0 Å². The molecule has 5 heteroatoms. The third-order valence-corrected chi connectivity index (χ3v) is 5.89. The molecule has 2 aliphatic rings. The number of hydrogen-bond donors (Lipinski definition) is 1. The second-order valence-electron chi connectivity index (χ2n) is 7.63. The van der Waals surface area contributed by atoms with Crippen LogP contribution in [0.5, 0.6) is 0 Å². The molecule has 0 radical (unpaired) electrons. The van der Waals surface area contributed by atoms with Crippen molar-refractivity contribution in [3.05, 3.63) is 113 Å². The van der Waals surface area contributed by atoms with Gasteiger partial charge >= 0.3 is 0 Å². The summed E-state index contributed by atoms with van der Waals surface area (Å²) in [6.07, 6.45) is 0.522. The lowest BCUT2D eigenvalue weighted by atomic mass is 9.80. The number of halogens is 1. The van der Waals surface area contributed by atoms with E-state index in [9.17, 15) is 14.3 Å². The smallest absolute Gasteiger partial charge is 0.195 e. The van der Waals surface area contributed by atoms with Crippen LogP contribution < -0.4 is 0 Å². The molecule has 4 nitrogen and oxygen atoms in total. The van der Waals surface area contributed by atoms with Crippen molar-refractivity contribution in [1.29, 1.82) is 0 Å². The van der Waals surface area contributed by atoms with Crippen molar-refractivity contribution in [3.8, 4) is 0 Å². The Labute approximate surface area is 173 Å².